The van der Waals surface area contributed by atoms with Crippen LogP contribution >= 0.6 is 0 Å². The SMILES string of the molecule is [N-]=[N+]=NC[C@H](N)c1ccccc1. The third-order valence-corrected chi connectivity index (χ3v) is 1.57. The fraction of sp³-hybridized carbons (Fsp3) is 0.250. The van der Waals surface area contributed by atoms with Crippen molar-refractivity contribution in [1.29, 1.82) is 0 Å². The summed E-state index contributed by atoms with van der Waals surface area (Å²) in [6.45, 7) is 0.306. The van der Waals surface area contributed by atoms with Gasteiger partial charge < -0.3 is 5.73 Å². The maximum Gasteiger partial charge on any atom is 0.0451 e. The highest BCUT2D eigenvalue weighted by molar-refractivity contribution is 5.18. The van der Waals surface area contributed by atoms with Crippen LogP contribution in [0.2, 0.25) is 0 Å². The molecule has 0 aliphatic carbocycles. The highest BCUT2D eigenvalue weighted by atomic mass is 15.1. The first-order valence-corrected chi connectivity index (χ1v) is 3.66. The Morgan fingerprint density at radius 1 is 1.42 bits per heavy atom. The van der Waals surface area contributed by atoms with Crippen molar-refractivity contribution in [2.75, 3.05) is 6.54 Å². The second-order valence-electron chi connectivity index (χ2n) is 2.43. The number of nitrogens with zero attached hydrogens (tertiary/aromatic N) is 3. The molecular weight excluding hydrogens is 152 g/mol. The van der Waals surface area contributed by atoms with Gasteiger partial charge in [0.1, 0.15) is 0 Å². The van der Waals surface area contributed by atoms with Crippen LogP contribution in [-0.4, -0.2) is 6.54 Å². The molecule has 1 aromatic carbocycles. The molecule has 0 heterocycles. The van der Waals surface area contributed by atoms with Crippen molar-refractivity contribution in [2.24, 2.45) is 10.8 Å². The van der Waals surface area contributed by atoms with Crippen molar-refractivity contribution < 1.29 is 0 Å². The van der Waals surface area contributed by atoms with Gasteiger partial charge in [-0.05, 0) is 11.1 Å². The van der Waals surface area contributed by atoms with Gasteiger partial charge in [-0.2, -0.15) is 0 Å². The fourth-order valence-electron chi connectivity index (χ4n) is 0.930. The maximum atomic E-state index is 8.06. The lowest BCUT2D eigenvalue weighted by atomic mass is 10.1. The molecule has 0 fully saturated rings. The highest BCUT2D eigenvalue weighted by Crippen LogP contribution is 2.08. The summed E-state index contributed by atoms with van der Waals surface area (Å²) in [4.78, 5) is 2.65. The van der Waals surface area contributed by atoms with Gasteiger partial charge in [-0.1, -0.05) is 35.4 Å². The molecular formula is C8H10N4. The van der Waals surface area contributed by atoms with Crippen LogP contribution in [0.4, 0.5) is 0 Å². The Hall–Kier alpha value is -1.51. The molecule has 0 radical (unpaired) electrons. The Kier molecular flexibility index (Phi) is 3.14. The van der Waals surface area contributed by atoms with Crippen LogP contribution < -0.4 is 5.73 Å². The summed E-state index contributed by atoms with van der Waals surface area (Å²) in [5.41, 5.74) is 14.8. The first-order chi connectivity index (χ1) is 5.84. The minimum absolute atomic E-state index is 0.193. The fourth-order valence-corrected chi connectivity index (χ4v) is 0.930. The lowest BCUT2D eigenvalue weighted by molar-refractivity contribution is 0.733. The quantitative estimate of drug-likeness (QED) is 0.412. The number of benzene rings is 1. The summed E-state index contributed by atoms with van der Waals surface area (Å²) >= 11 is 0. The predicted octanol–water partition coefficient (Wildman–Crippen LogP) is 2.00. The zero-order valence-electron chi connectivity index (χ0n) is 6.59. The van der Waals surface area contributed by atoms with E-state index < -0.39 is 0 Å². The van der Waals surface area contributed by atoms with Gasteiger partial charge in [0.25, 0.3) is 0 Å². The van der Waals surface area contributed by atoms with E-state index in [0.717, 1.165) is 5.56 Å². The second-order valence-corrected chi connectivity index (χ2v) is 2.43. The van der Waals surface area contributed by atoms with Crippen LogP contribution in [0.15, 0.2) is 35.4 Å². The Bertz CT molecular complexity index is 276. The molecule has 1 rings (SSSR count). The average Bonchev–Trinajstić information content (AvgIpc) is 2.15. The standard InChI is InChI=1S/C8H10N4/c9-8(6-11-12-10)7-4-2-1-3-5-7/h1-5,8H,6,9H2/t8-/m0/s1. The van der Waals surface area contributed by atoms with E-state index >= 15 is 0 Å². The molecule has 1 aromatic rings. The van der Waals surface area contributed by atoms with E-state index in [9.17, 15) is 0 Å². The van der Waals surface area contributed by atoms with Crippen molar-refractivity contribution in [3.05, 3.63) is 46.3 Å². The molecule has 0 aliphatic heterocycles. The molecule has 2 N–H and O–H groups in total. The Labute approximate surface area is 70.6 Å². The molecule has 0 amide bonds. The van der Waals surface area contributed by atoms with E-state index in [1.807, 2.05) is 30.3 Å². The summed E-state index contributed by atoms with van der Waals surface area (Å²) in [7, 11) is 0. The molecule has 0 saturated heterocycles. The van der Waals surface area contributed by atoms with Crippen molar-refractivity contribution in [1.82, 2.24) is 0 Å². The molecule has 0 saturated carbocycles. The summed E-state index contributed by atoms with van der Waals surface area (Å²) in [5.74, 6) is 0. The van der Waals surface area contributed by atoms with E-state index in [0.29, 0.717) is 6.54 Å². The first kappa shape index (κ1) is 8.59. The van der Waals surface area contributed by atoms with Gasteiger partial charge in [0, 0.05) is 17.5 Å². The van der Waals surface area contributed by atoms with Gasteiger partial charge in [-0.25, -0.2) is 0 Å². The number of hydrogen-bond acceptors (Lipinski definition) is 2. The van der Waals surface area contributed by atoms with Crippen molar-refractivity contribution >= 4 is 0 Å². The van der Waals surface area contributed by atoms with E-state index in [1.165, 1.54) is 0 Å². The predicted molar refractivity (Wildman–Crippen MR) is 47.4 cm³/mol. The van der Waals surface area contributed by atoms with E-state index in [2.05, 4.69) is 10.0 Å². The third-order valence-electron chi connectivity index (χ3n) is 1.57. The summed E-state index contributed by atoms with van der Waals surface area (Å²) in [6.07, 6.45) is 0. The molecule has 0 aliphatic rings. The third kappa shape index (κ3) is 2.27. The van der Waals surface area contributed by atoms with Gasteiger partial charge in [-0.15, -0.1) is 0 Å². The summed E-state index contributed by atoms with van der Waals surface area (Å²) in [6, 6.07) is 9.37. The minimum atomic E-state index is -0.193. The van der Waals surface area contributed by atoms with E-state index in [1.54, 1.807) is 0 Å². The van der Waals surface area contributed by atoms with Crippen LogP contribution in [0.1, 0.15) is 11.6 Å². The maximum absolute atomic E-state index is 8.06. The van der Waals surface area contributed by atoms with Crippen molar-refractivity contribution in [3.63, 3.8) is 0 Å². The first-order valence-electron chi connectivity index (χ1n) is 3.66. The molecule has 12 heavy (non-hydrogen) atoms. The van der Waals surface area contributed by atoms with Crippen molar-refractivity contribution in [2.45, 2.75) is 6.04 Å². The van der Waals surface area contributed by atoms with Crippen molar-refractivity contribution in [3.8, 4) is 0 Å². The van der Waals surface area contributed by atoms with Gasteiger partial charge in [0.2, 0.25) is 0 Å². The van der Waals surface area contributed by atoms with Gasteiger partial charge in [0.15, 0.2) is 0 Å². The van der Waals surface area contributed by atoms with Gasteiger partial charge >= 0.3 is 0 Å². The zero-order valence-corrected chi connectivity index (χ0v) is 6.59. The molecule has 4 nitrogen and oxygen atoms in total. The van der Waals surface area contributed by atoms with E-state index in [4.69, 9.17) is 11.3 Å². The van der Waals surface area contributed by atoms with Crippen LogP contribution in [-0.2, 0) is 0 Å². The number of rotatable bonds is 3. The number of nitrogens with two attached hydrogens (primary N) is 1. The topological polar surface area (TPSA) is 74.8 Å². The van der Waals surface area contributed by atoms with Crippen LogP contribution in [0.3, 0.4) is 0 Å². The number of hydrogen-bond donors (Lipinski definition) is 1. The highest BCUT2D eigenvalue weighted by Gasteiger charge is 2.01. The van der Waals surface area contributed by atoms with E-state index in [-0.39, 0.29) is 6.04 Å². The Morgan fingerprint density at radius 3 is 2.67 bits per heavy atom. The largest absolute Gasteiger partial charge is 0.324 e. The van der Waals surface area contributed by atoms with Gasteiger partial charge in [-0.3, -0.25) is 0 Å². The normalized spacial score (nSPS) is 11.8. The van der Waals surface area contributed by atoms with Crippen LogP contribution in [0.5, 0.6) is 0 Å². The minimum Gasteiger partial charge on any atom is -0.324 e. The monoisotopic (exact) mass is 162 g/mol. The Morgan fingerprint density at radius 2 is 2.08 bits per heavy atom. The molecule has 4 heteroatoms. The summed E-state index contributed by atoms with van der Waals surface area (Å²) in [5, 5.41) is 3.40. The molecule has 0 unspecified atom stereocenters. The Balaban J connectivity index is 2.65. The number of azide groups is 1. The average molecular weight is 162 g/mol. The molecule has 0 spiro atoms. The second kappa shape index (κ2) is 4.38. The molecule has 1 atom stereocenters. The van der Waals surface area contributed by atoms with Gasteiger partial charge in [0.05, 0.1) is 0 Å². The molecule has 62 valence electrons. The van der Waals surface area contributed by atoms with Crippen LogP contribution in [0.25, 0.3) is 10.4 Å². The zero-order chi connectivity index (χ0) is 8.81. The molecule has 0 aromatic heterocycles. The molecule has 0 bridgehead atoms. The summed E-state index contributed by atoms with van der Waals surface area (Å²) < 4.78 is 0. The smallest absolute Gasteiger partial charge is 0.0451 e. The lowest BCUT2D eigenvalue weighted by Crippen LogP contribution is -2.12. The lowest BCUT2D eigenvalue weighted by Gasteiger charge is -2.06. The van der Waals surface area contributed by atoms with Crippen LogP contribution in [0, 0.1) is 0 Å².